The van der Waals surface area contributed by atoms with Crippen LogP contribution in [-0.2, 0) is 19.1 Å². The number of carboxylic acids is 1. The van der Waals surface area contributed by atoms with Gasteiger partial charge in [0.2, 0.25) is 5.91 Å². The molecule has 0 spiro atoms. The van der Waals surface area contributed by atoms with Gasteiger partial charge >= 0.3 is 12.1 Å². The van der Waals surface area contributed by atoms with Crippen LogP contribution in [0, 0.1) is 17.8 Å². The van der Waals surface area contributed by atoms with E-state index < -0.39 is 18.0 Å². The second-order valence-corrected chi connectivity index (χ2v) is 9.28. The predicted molar refractivity (Wildman–Crippen MR) is 123 cm³/mol. The molecule has 1 saturated carbocycles. The van der Waals surface area contributed by atoms with Crippen LogP contribution in [0.2, 0.25) is 0 Å². The van der Waals surface area contributed by atoms with Crippen molar-refractivity contribution in [2.75, 3.05) is 26.3 Å². The van der Waals surface area contributed by atoms with Gasteiger partial charge in [0.25, 0.3) is 0 Å². The van der Waals surface area contributed by atoms with Gasteiger partial charge in [0.05, 0.1) is 18.6 Å². The average molecular weight is 465 g/mol. The number of nitrogens with one attached hydrogen (secondary N) is 2. The highest BCUT2D eigenvalue weighted by molar-refractivity contribution is 5.82. The lowest BCUT2D eigenvalue weighted by molar-refractivity contribution is -0.141. The predicted octanol–water partition coefficient (Wildman–Crippen LogP) is 2.77. The topological polar surface area (TPSA) is 114 Å². The summed E-state index contributed by atoms with van der Waals surface area (Å²) in [5.41, 5.74) is 4.69. The molecule has 3 aliphatic rings. The molecule has 8 heteroatoms. The molecule has 2 aliphatic carbocycles. The Morgan fingerprint density at radius 1 is 0.941 bits per heavy atom. The Labute approximate surface area is 197 Å². The van der Waals surface area contributed by atoms with E-state index in [0.717, 1.165) is 11.1 Å². The molecule has 178 valence electrons. The van der Waals surface area contributed by atoms with Crippen LogP contribution in [0.5, 0.6) is 0 Å². The summed E-state index contributed by atoms with van der Waals surface area (Å²) in [6, 6.07) is 16.4. The molecule has 0 aromatic heterocycles. The first-order valence-corrected chi connectivity index (χ1v) is 11.7. The Morgan fingerprint density at radius 3 is 2.26 bits per heavy atom. The maximum Gasteiger partial charge on any atom is 0.407 e. The SMILES string of the molecule is O=C(NCC1CC1C(=O)NC[C@@H]1C[C@H](C(=O)O)CO1)OCC1c2ccccc2-c2ccccc21. The summed E-state index contributed by atoms with van der Waals surface area (Å²) in [4.78, 5) is 35.7. The van der Waals surface area contributed by atoms with Crippen molar-refractivity contribution in [1.29, 1.82) is 0 Å². The summed E-state index contributed by atoms with van der Waals surface area (Å²) in [6.45, 7) is 1.14. The van der Waals surface area contributed by atoms with Gasteiger partial charge in [-0.3, -0.25) is 9.59 Å². The van der Waals surface area contributed by atoms with Gasteiger partial charge in [-0.15, -0.1) is 0 Å². The van der Waals surface area contributed by atoms with Gasteiger partial charge in [0.15, 0.2) is 0 Å². The number of amides is 2. The zero-order chi connectivity index (χ0) is 23.7. The highest BCUT2D eigenvalue weighted by Gasteiger charge is 2.43. The molecule has 1 saturated heterocycles. The summed E-state index contributed by atoms with van der Waals surface area (Å²) >= 11 is 0. The van der Waals surface area contributed by atoms with Crippen molar-refractivity contribution in [2.24, 2.45) is 17.8 Å². The van der Waals surface area contributed by atoms with E-state index in [4.69, 9.17) is 14.6 Å². The number of alkyl carbamates (subject to hydrolysis) is 1. The van der Waals surface area contributed by atoms with E-state index in [1.54, 1.807) is 0 Å². The number of hydrogen-bond acceptors (Lipinski definition) is 5. The molecule has 34 heavy (non-hydrogen) atoms. The molecule has 8 nitrogen and oxygen atoms in total. The van der Waals surface area contributed by atoms with Crippen LogP contribution in [-0.4, -0.2) is 55.5 Å². The normalized spacial score (nSPS) is 24.7. The number of hydrogen-bond donors (Lipinski definition) is 3. The van der Waals surface area contributed by atoms with E-state index in [1.165, 1.54) is 11.1 Å². The first-order valence-electron chi connectivity index (χ1n) is 11.7. The largest absolute Gasteiger partial charge is 0.481 e. The number of carbonyl (C=O) groups excluding carboxylic acids is 2. The number of aliphatic carboxylic acids is 1. The average Bonchev–Trinajstić information content (AvgIpc) is 3.34. The van der Waals surface area contributed by atoms with Crippen molar-refractivity contribution in [3.8, 4) is 11.1 Å². The molecule has 0 radical (unpaired) electrons. The van der Waals surface area contributed by atoms with E-state index in [9.17, 15) is 14.4 Å². The lowest BCUT2D eigenvalue weighted by atomic mass is 9.98. The second-order valence-electron chi connectivity index (χ2n) is 9.28. The van der Waals surface area contributed by atoms with Crippen molar-refractivity contribution in [3.05, 3.63) is 59.7 Å². The maximum atomic E-state index is 12.3. The number of benzene rings is 2. The molecule has 4 atom stereocenters. The van der Waals surface area contributed by atoms with Crippen LogP contribution < -0.4 is 10.6 Å². The lowest BCUT2D eigenvalue weighted by Crippen LogP contribution is -2.34. The smallest absolute Gasteiger partial charge is 0.407 e. The monoisotopic (exact) mass is 464 g/mol. The van der Waals surface area contributed by atoms with Crippen LogP contribution in [0.4, 0.5) is 4.79 Å². The van der Waals surface area contributed by atoms with E-state index in [1.807, 2.05) is 24.3 Å². The zero-order valence-electron chi connectivity index (χ0n) is 18.7. The van der Waals surface area contributed by atoms with Gasteiger partial charge in [-0.05, 0) is 41.0 Å². The van der Waals surface area contributed by atoms with Crippen molar-refractivity contribution < 1.29 is 29.0 Å². The van der Waals surface area contributed by atoms with E-state index in [0.29, 0.717) is 25.9 Å². The van der Waals surface area contributed by atoms with E-state index >= 15 is 0 Å². The third-order valence-corrected chi connectivity index (χ3v) is 7.05. The number of ether oxygens (including phenoxy) is 2. The first kappa shape index (κ1) is 22.4. The van der Waals surface area contributed by atoms with Crippen LogP contribution in [0.25, 0.3) is 11.1 Å². The minimum absolute atomic E-state index is 0.0103. The van der Waals surface area contributed by atoms with Gasteiger partial charge < -0.3 is 25.2 Å². The molecule has 0 bridgehead atoms. The Kier molecular flexibility index (Phi) is 6.24. The molecule has 1 heterocycles. The summed E-state index contributed by atoms with van der Waals surface area (Å²) in [7, 11) is 0. The molecular formula is C26H28N2O6. The quantitative estimate of drug-likeness (QED) is 0.554. The van der Waals surface area contributed by atoms with Crippen LogP contribution in [0.3, 0.4) is 0 Å². The molecule has 2 fully saturated rings. The Morgan fingerprint density at radius 2 is 1.62 bits per heavy atom. The Balaban J connectivity index is 1.04. The minimum Gasteiger partial charge on any atom is -0.481 e. The van der Waals surface area contributed by atoms with Crippen molar-refractivity contribution >= 4 is 18.0 Å². The molecule has 2 amide bonds. The van der Waals surface area contributed by atoms with Gasteiger partial charge in [-0.25, -0.2) is 4.79 Å². The van der Waals surface area contributed by atoms with Crippen molar-refractivity contribution in [2.45, 2.75) is 24.9 Å². The van der Waals surface area contributed by atoms with Crippen LogP contribution in [0.15, 0.2) is 48.5 Å². The summed E-state index contributed by atoms with van der Waals surface area (Å²) in [5.74, 6) is -1.51. The fraction of sp³-hybridized carbons (Fsp3) is 0.423. The zero-order valence-corrected chi connectivity index (χ0v) is 18.7. The number of rotatable bonds is 8. The highest BCUT2D eigenvalue weighted by Crippen LogP contribution is 2.44. The van der Waals surface area contributed by atoms with Gasteiger partial charge in [0, 0.05) is 24.9 Å². The minimum atomic E-state index is -0.865. The highest BCUT2D eigenvalue weighted by atomic mass is 16.5. The number of fused-ring (bicyclic) bond motifs is 3. The maximum absolute atomic E-state index is 12.3. The summed E-state index contributed by atoms with van der Waals surface area (Å²) in [6.07, 6.45) is 0.374. The van der Waals surface area contributed by atoms with Crippen molar-refractivity contribution in [3.63, 3.8) is 0 Å². The fourth-order valence-corrected chi connectivity index (χ4v) is 5.02. The Bertz CT molecular complexity index is 1060. The third-order valence-electron chi connectivity index (χ3n) is 7.05. The van der Waals surface area contributed by atoms with Crippen LogP contribution in [0.1, 0.15) is 29.9 Å². The number of carboxylic acid groups (broad SMARTS) is 1. The molecule has 1 aliphatic heterocycles. The first-order chi connectivity index (χ1) is 16.5. The fourth-order valence-electron chi connectivity index (χ4n) is 5.02. The lowest BCUT2D eigenvalue weighted by Gasteiger charge is -2.14. The van der Waals surface area contributed by atoms with E-state index in [-0.39, 0.29) is 43.0 Å². The molecule has 2 aromatic rings. The summed E-state index contributed by atoms with van der Waals surface area (Å²) in [5, 5.41) is 14.6. The van der Waals surface area contributed by atoms with Gasteiger partial charge in [-0.1, -0.05) is 48.5 Å². The molecule has 5 rings (SSSR count). The van der Waals surface area contributed by atoms with Crippen LogP contribution >= 0.6 is 0 Å². The molecule has 2 unspecified atom stereocenters. The van der Waals surface area contributed by atoms with Crippen molar-refractivity contribution in [1.82, 2.24) is 10.6 Å². The standard InChI is InChI=1S/C26H28N2O6/c29-24(27-12-17-9-16(13-33-17)25(30)31)22-10-15(22)11-28-26(32)34-14-23-20-7-3-1-5-18(20)19-6-2-4-8-21(19)23/h1-8,15-17,22-23H,9-14H2,(H,27,29)(H,28,32)(H,30,31)/t15?,16-,17-,22?/m0/s1. The number of carbonyl (C=O) groups is 3. The van der Waals surface area contributed by atoms with E-state index in [2.05, 4.69) is 34.9 Å². The summed E-state index contributed by atoms with van der Waals surface area (Å²) < 4.78 is 11.0. The Hall–Kier alpha value is -3.39. The third kappa shape index (κ3) is 4.63. The molecule has 3 N–H and O–H groups in total. The molecular weight excluding hydrogens is 436 g/mol. The second kappa shape index (κ2) is 9.46. The molecule has 2 aromatic carbocycles. The van der Waals surface area contributed by atoms with Gasteiger partial charge in [0.1, 0.15) is 6.61 Å². The van der Waals surface area contributed by atoms with Gasteiger partial charge in [-0.2, -0.15) is 0 Å².